The van der Waals surface area contributed by atoms with Crippen LogP contribution in [-0.2, 0) is 21.4 Å². The van der Waals surface area contributed by atoms with Crippen molar-refractivity contribution in [1.29, 1.82) is 0 Å². The van der Waals surface area contributed by atoms with E-state index in [4.69, 9.17) is 21.1 Å². The second-order valence-corrected chi connectivity index (χ2v) is 9.10. The summed E-state index contributed by atoms with van der Waals surface area (Å²) in [6.45, 7) is 5.08. The molecule has 164 valence electrons. The summed E-state index contributed by atoms with van der Waals surface area (Å²) in [5.74, 6) is -0.677. The lowest BCUT2D eigenvalue weighted by Crippen LogP contribution is -2.38. The van der Waals surface area contributed by atoms with Crippen LogP contribution < -0.4 is 4.74 Å². The molecule has 0 saturated heterocycles. The summed E-state index contributed by atoms with van der Waals surface area (Å²) in [6.07, 6.45) is 2.99. The zero-order valence-corrected chi connectivity index (χ0v) is 18.4. The SMILES string of the molecule is CC(C)(C)OC(=O)c1ccc(OC[C@@]2(C=O)CCCc3cc(Cl)ccc32)c([N+](=O)[O-])c1. The van der Waals surface area contributed by atoms with Gasteiger partial charge in [0.2, 0.25) is 0 Å². The minimum absolute atomic E-state index is 0.0142. The molecular formula is C23H24ClNO6. The first-order valence-electron chi connectivity index (χ1n) is 9.94. The lowest BCUT2D eigenvalue weighted by Gasteiger charge is -2.34. The number of nitro groups is 1. The molecular weight excluding hydrogens is 422 g/mol. The molecule has 0 spiro atoms. The van der Waals surface area contributed by atoms with Gasteiger partial charge >= 0.3 is 11.7 Å². The second-order valence-electron chi connectivity index (χ2n) is 8.66. The molecule has 0 fully saturated rings. The Morgan fingerprint density at radius 3 is 2.65 bits per heavy atom. The van der Waals surface area contributed by atoms with Crippen LogP contribution in [0, 0.1) is 10.1 Å². The molecule has 31 heavy (non-hydrogen) atoms. The van der Waals surface area contributed by atoms with Gasteiger partial charge in [-0.15, -0.1) is 0 Å². The Bertz CT molecular complexity index is 1030. The molecule has 0 aromatic heterocycles. The molecule has 1 aliphatic rings. The number of hydrogen-bond donors (Lipinski definition) is 0. The maximum Gasteiger partial charge on any atom is 0.338 e. The van der Waals surface area contributed by atoms with Gasteiger partial charge in [0.15, 0.2) is 5.75 Å². The highest BCUT2D eigenvalue weighted by Crippen LogP contribution is 2.39. The number of aryl methyl sites for hydroxylation is 1. The average Bonchev–Trinajstić information content (AvgIpc) is 2.70. The van der Waals surface area contributed by atoms with Crippen LogP contribution in [0.15, 0.2) is 36.4 Å². The molecule has 7 nitrogen and oxygen atoms in total. The van der Waals surface area contributed by atoms with Crippen LogP contribution in [-0.4, -0.2) is 29.4 Å². The molecule has 0 N–H and O–H groups in total. The number of carbonyl (C=O) groups is 2. The van der Waals surface area contributed by atoms with Gasteiger partial charge in [-0.1, -0.05) is 17.7 Å². The first-order valence-corrected chi connectivity index (χ1v) is 10.3. The highest BCUT2D eigenvalue weighted by molar-refractivity contribution is 6.30. The summed E-state index contributed by atoms with van der Waals surface area (Å²) >= 11 is 6.09. The van der Waals surface area contributed by atoms with Crippen molar-refractivity contribution < 1.29 is 24.0 Å². The number of nitrogens with zero attached hydrogens (tertiary/aromatic N) is 1. The molecule has 0 heterocycles. The molecule has 0 radical (unpaired) electrons. The summed E-state index contributed by atoms with van der Waals surface area (Å²) in [6, 6.07) is 9.29. The highest BCUT2D eigenvalue weighted by Gasteiger charge is 2.38. The number of benzene rings is 2. The van der Waals surface area contributed by atoms with Gasteiger partial charge in [-0.05, 0) is 75.4 Å². The fourth-order valence-electron chi connectivity index (χ4n) is 3.74. The Morgan fingerprint density at radius 1 is 1.26 bits per heavy atom. The van der Waals surface area contributed by atoms with Gasteiger partial charge in [0, 0.05) is 11.1 Å². The normalized spacial score (nSPS) is 18.1. The number of fused-ring (bicyclic) bond motifs is 1. The molecule has 0 bridgehead atoms. The fourth-order valence-corrected chi connectivity index (χ4v) is 3.94. The maximum atomic E-state index is 12.3. The lowest BCUT2D eigenvalue weighted by molar-refractivity contribution is -0.386. The first-order chi connectivity index (χ1) is 14.5. The molecule has 2 aromatic carbocycles. The summed E-state index contributed by atoms with van der Waals surface area (Å²) in [5, 5.41) is 12.2. The van der Waals surface area contributed by atoms with Crippen LogP contribution in [0.1, 0.15) is 55.1 Å². The first kappa shape index (κ1) is 22.7. The minimum atomic E-state index is -0.921. The summed E-state index contributed by atoms with van der Waals surface area (Å²) in [7, 11) is 0. The van der Waals surface area contributed by atoms with Crippen molar-refractivity contribution in [3.63, 3.8) is 0 Å². The van der Waals surface area contributed by atoms with Crippen LogP contribution in [0.3, 0.4) is 0 Å². The molecule has 0 aliphatic heterocycles. The van der Waals surface area contributed by atoms with Gasteiger partial charge in [-0.3, -0.25) is 10.1 Å². The van der Waals surface area contributed by atoms with Gasteiger partial charge in [-0.2, -0.15) is 0 Å². The Morgan fingerprint density at radius 2 is 2.00 bits per heavy atom. The Hall–Kier alpha value is -2.93. The highest BCUT2D eigenvalue weighted by atomic mass is 35.5. The zero-order chi connectivity index (χ0) is 22.8. The number of halogens is 1. The van der Waals surface area contributed by atoms with Crippen molar-refractivity contribution in [3.8, 4) is 5.75 Å². The lowest BCUT2D eigenvalue weighted by atomic mass is 9.71. The average molecular weight is 446 g/mol. The van der Waals surface area contributed by atoms with E-state index >= 15 is 0 Å². The molecule has 3 rings (SSSR count). The van der Waals surface area contributed by atoms with Crippen LogP contribution in [0.25, 0.3) is 0 Å². The van der Waals surface area contributed by atoms with Crippen LogP contribution in [0.2, 0.25) is 5.02 Å². The number of carbonyl (C=O) groups excluding carboxylic acids is 2. The maximum absolute atomic E-state index is 12.3. The van der Waals surface area contributed by atoms with Crippen LogP contribution in [0.4, 0.5) is 5.69 Å². The van der Waals surface area contributed by atoms with Crippen molar-refractivity contribution >= 4 is 29.5 Å². The monoisotopic (exact) mass is 445 g/mol. The third kappa shape index (κ3) is 5.05. The van der Waals surface area contributed by atoms with E-state index in [0.29, 0.717) is 11.4 Å². The van der Waals surface area contributed by atoms with Gasteiger partial charge in [0.25, 0.3) is 0 Å². The standard InChI is InChI=1S/C23H24ClNO6/c1-22(2,3)31-21(27)16-6-9-20(19(12-16)25(28)29)30-14-23(13-26)10-4-5-15-11-17(24)7-8-18(15)23/h6-9,11-13H,4-5,10,14H2,1-3H3/t23-/m0/s1. The largest absolute Gasteiger partial charge is 0.485 e. The third-order valence-corrected chi connectivity index (χ3v) is 5.41. The number of aldehydes is 1. The number of hydrogen-bond acceptors (Lipinski definition) is 6. The third-order valence-electron chi connectivity index (χ3n) is 5.17. The van der Waals surface area contributed by atoms with E-state index in [1.54, 1.807) is 26.8 Å². The topological polar surface area (TPSA) is 95.7 Å². The zero-order valence-electron chi connectivity index (χ0n) is 17.6. The smallest absolute Gasteiger partial charge is 0.338 e. The second kappa shape index (κ2) is 8.67. The van der Waals surface area contributed by atoms with Crippen molar-refractivity contribution in [2.24, 2.45) is 0 Å². The molecule has 8 heteroatoms. The Kier molecular flexibility index (Phi) is 6.36. The van der Waals surface area contributed by atoms with Crippen molar-refractivity contribution in [2.75, 3.05) is 6.61 Å². The van der Waals surface area contributed by atoms with Crippen LogP contribution in [0.5, 0.6) is 5.75 Å². The quantitative estimate of drug-likeness (QED) is 0.267. The van der Waals surface area contributed by atoms with Gasteiger partial charge < -0.3 is 14.3 Å². The van der Waals surface area contributed by atoms with E-state index in [9.17, 15) is 19.7 Å². The summed E-state index contributed by atoms with van der Waals surface area (Å²) in [5.41, 5.74) is -0.159. The van der Waals surface area contributed by atoms with E-state index in [2.05, 4.69) is 0 Å². The molecule has 0 unspecified atom stereocenters. The van der Waals surface area contributed by atoms with E-state index in [1.165, 1.54) is 12.1 Å². The number of ether oxygens (including phenoxy) is 2. The number of esters is 1. The van der Waals surface area contributed by atoms with Gasteiger partial charge in [-0.25, -0.2) is 4.79 Å². The molecule has 1 aliphatic carbocycles. The van der Waals surface area contributed by atoms with Crippen LogP contribution >= 0.6 is 11.6 Å². The van der Waals surface area contributed by atoms with E-state index in [-0.39, 0.29) is 23.6 Å². The molecule has 0 amide bonds. The summed E-state index contributed by atoms with van der Waals surface area (Å²) < 4.78 is 11.1. The number of rotatable bonds is 6. The van der Waals surface area contributed by atoms with E-state index in [1.807, 2.05) is 12.1 Å². The van der Waals surface area contributed by atoms with Crippen molar-refractivity contribution in [1.82, 2.24) is 0 Å². The van der Waals surface area contributed by atoms with Gasteiger partial charge in [0.1, 0.15) is 18.5 Å². The van der Waals surface area contributed by atoms with Crippen molar-refractivity contribution in [2.45, 2.75) is 51.0 Å². The number of nitro benzene ring substituents is 1. The predicted octanol–water partition coefficient (Wildman–Crippen LogP) is 5.06. The molecule has 0 saturated carbocycles. The summed E-state index contributed by atoms with van der Waals surface area (Å²) in [4.78, 5) is 35.4. The van der Waals surface area contributed by atoms with E-state index < -0.39 is 21.9 Å². The van der Waals surface area contributed by atoms with Gasteiger partial charge in [0.05, 0.1) is 15.9 Å². The van der Waals surface area contributed by atoms with E-state index in [0.717, 1.165) is 36.3 Å². The fraction of sp³-hybridized carbons (Fsp3) is 0.391. The van der Waals surface area contributed by atoms with Crippen molar-refractivity contribution in [3.05, 3.63) is 68.2 Å². The molecule has 1 atom stereocenters. The molecule has 2 aromatic rings. The minimum Gasteiger partial charge on any atom is -0.485 e. The predicted molar refractivity (Wildman–Crippen MR) is 116 cm³/mol. The Labute approximate surface area is 185 Å². The Balaban J connectivity index is 1.88.